The van der Waals surface area contributed by atoms with Crippen LogP contribution in [0.5, 0.6) is 11.6 Å². The van der Waals surface area contributed by atoms with Gasteiger partial charge in [0.2, 0.25) is 5.82 Å². The molecule has 0 aliphatic rings. The molecule has 9 nitrogen and oxygen atoms in total. The van der Waals surface area contributed by atoms with Crippen LogP contribution in [0.25, 0.3) is 0 Å². The number of nitrogens with zero attached hydrogens (tertiary/aromatic N) is 6. The molecule has 2 rings (SSSR count). The second-order valence-corrected chi connectivity index (χ2v) is 4.88. The summed E-state index contributed by atoms with van der Waals surface area (Å²) in [5.74, 6) is 0.000438. The molecule has 0 N–H and O–H groups in total. The van der Waals surface area contributed by atoms with Crippen LogP contribution in [0.2, 0.25) is 0 Å². The van der Waals surface area contributed by atoms with Crippen molar-refractivity contribution in [3.05, 3.63) is 46.3 Å². The molecule has 1 aromatic carbocycles. The molecular formula is C16H14N6O3. The fraction of sp³-hybridized carbons (Fsp3) is 0.250. The van der Waals surface area contributed by atoms with Crippen LogP contribution in [0.15, 0.2) is 30.6 Å². The van der Waals surface area contributed by atoms with Crippen molar-refractivity contribution in [1.29, 1.82) is 10.5 Å². The number of anilines is 1. The van der Waals surface area contributed by atoms with Gasteiger partial charge in [0.15, 0.2) is 0 Å². The van der Waals surface area contributed by atoms with Gasteiger partial charge in [0, 0.05) is 0 Å². The summed E-state index contributed by atoms with van der Waals surface area (Å²) in [5.41, 5.74) is 0.604. The van der Waals surface area contributed by atoms with Crippen LogP contribution in [-0.2, 0) is 6.42 Å². The van der Waals surface area contributed by atoms with Crippen LogP contribution in [-0.4, -0.2) is 28.0 Å². The maximum atomic E-state index is 11.5. The standard InChI is InChI=1S/C16H14N6O3/c1-2-12-3-5-13(6-4-12)25-16-14(22(23)24)15(19-11-20-16)21(9-7-17)10-8-18/h3-6,11H,2,9-10H2,1H3. The molecule has 0 radical (unpaired) electrons. The Bertz CT molecular complexity index is 822. The predicted molar refractivity (Wildman–Crippen MR) is 88.0 cm³/mol. The maximum Gasteiger partial charge on any atom is 0.373 e. The summed E-state index contributed by atoms with van der Waals surface area (Å²) in [6, 6.07) is 10.8. The third-order valence-corrected chi connectivity index (χ3v) is 3.32. The van der Waals surface area contributed by atoms with Gasteiger partial charge >= 0.3 is 11.6 Å². The molecule has 1 heterocycles. The first-order valence-corrected chi connectivity index (χ1v) is 7.35. The number of hydrogen-bond acceptors (Lipinski definition) is 8. The summed E-state index contributed by atoms with van der Waals surface area (Å²) in [4.78, 5) is 19.7. The SMILES string of the molecule is CCc1ccc(Oc2ncnc(N(CC#N)CC#N)c2[N+](=O)[O-])cc1. The van der Waals surface area contributed by atoms with E-state index in [1.54, 1.807) is 12.1 Å². The number of ether oxygens (including phenoxy) is 1. The molecule has 0 fully saturated rings. The van der Waals surface area contributed by atoms with Crippen LogP contribution in [0, 0.1) is 32.8 Å². The minimum Gasteiger partial charge on any atom is -0.434 e. The molecule has 2 aromatic rings. The molecule has 9 heteroatoms. The average Bonchev–Trinajstić information content (AvgIpc) is 2.62. The topological polar surface area (TPSA) is 129 Å². The lowest BCUT2D eigenvalue weighted by atomic mass is 10.2. The number of aryl methyl sites for hydroxylation is 1. The van der Waals surface area contributed by atoms with Gasteiger partial charge in [-0.25, -0.2) is 4.98 Å². The van der Waals surface area contributed by atoms with Gasteiger partial charge in [0.1, 0.15) is 25.2 Å². The third kappa shape index (κ3) is 4.18. The lowest BCUT2D eigenvalue weighted by Gasteiger charge is -2.17. The van der Waals surface area contributed by atoms with E-state index in [1.807, 2.05) is 31.2 Å². The number of nitriles is 2. The highest BCUT2D eigenvalue weighted by Crippen LogP contribution is 2.35. The van der Waals surface area contributed by atoms with Crippen molar-refractivity contribution in [3.8, 4) is 23.8 Å². The quantitative estimate of drug-likeness (QED) is 0.428. The summed E-state index contributed by atoms with van der Waals surface area (Å²) in [7, 11) is 0. The van der Waals surface area contributed by atoms with Crippen LogP contribution in [0.4, 0.5) is 11.5 Å². The first-order valence-electron chi connectivity index (χ1n) is 7.35. The lowest BCUT2D eigenvalue weighted by molar-refractivity contribution is -0.385. The van der Waals surface area contributed by atoms with Crippen molar-refractivity contribution in [3.63, 3.8) is 0 Å². The van der Waals surface area contributed by atoms with Gasteiger partial charge in [0.05, 0.1) is 17.1 Å². The van der Waals surface area contributed by atoms with E-state index < -0.39 is 10.6 Å². The van der Waals surface area contributed by atoms with Crippen LogP contribution in [0.3, 0.4) is 0 Å². The fourth-order valence-corrected chi connectivity index (χ4v) is 2.10. The molecule has 0 aliphatic carbocycles. The zero-order valence-corrected chi connectivity index (χ0v) is 13.4. The highest BCUT2D eigenvalue weighted by atomic mass is 16.6. The summed E-state index contributed by atoms with van der Waals surface area (Å²) in [6.07, 6.45) is 1.95. The highest BCUT2D eigenvalue weighted by Gasteiger charge is 2.28. The van der Waals surface area contributed by atoms with E-state index in [2.05, 4.69) is 9.97 Å². The number of rotatable bonds is 7. The van der Waals surface area contributed by atoms with Crippen LogP contribution >= 0.6 is 0 Å². The number of hydrogen-bond donors (Lipinski definition) is 0. The monoisotopic (exact) mass is 338 g/mol. The smallest absolute Gasteiger partial charge is 0.373 e. The Kier molecular flexibility index (Phi) is 5.80. The first kappa shape index (κ1) is 17.6. The molecule has 0 atom stereocenters. The molecule has 0 unspecified atom stereocenters. The van der Waals surface area contributed by atoms with Crippen molar-refractivity contribution in [1.82, 2.24) is 9.97 Å². The van der Waals surface area contributed by atoms with Crippen molar-refractivity contribution < 1.29 is 9.66 Å². The molecule has 25 heavy (non-hydrogen) atoms. The molecule has 126 valence electrons. The highest BCUT2D eigenvalue weighted by molar-refractivity contribution is 5.64. The van der Waals surface area contributed by atoms with E-state index in [0.717, 1.165) is 18.3 Å². The molecule has 0 saturated heterocycles. The van der Waals surface area contributed by atoms with Gasteiger partial charge in [-0.1, -0.05) is 19.1 Å². The van der Waals surface area contributed by atoms with E-state index >= 15 is 0 Å². The van der Waals surface area contributed by atoms with E-state index in [0.29, 0.717) is 5.75 Å². The molecule has 0 aliphatic heterocycles. The molecular weight excluding hydrogens is 324 g/mol. The van der Waals surface area contributed by atoms with Crippen molar-refractivity contribution in [2.75, 3.05) is 18.0 Å². The van der Waals surface area contributed by atoms with E-state index in [9.17, 15) is 10.1 Å². The number of benzene rings is 1. The molecule has 0 amide bonds. The first-order chi connectivity index (χ1) is 12.1. The molecule has 0 bridgehead atoms. The van der Waals surface area contributed by atoms with Crippen LogP contribution < -0.4 is 9.64 Å². The number of aromatic nitrogens is 2. The van der Waals surface area contributed by atoms with Gasteiger partial charge in [-0.2, -0.15) is 15.5 Å². The largest absolute Gasteiger partial charge is 0.434 e. The van der Waals surface area contributed by atoms with Gasteiger partial charge in [-0.15, -0.1) is 0 Å². The van der Waals surface area contributed by atoms with Crippen molar-refractivity contribution >= 4 is 11.5 Å². The fourth-order valence-electron chi connectivity index (χ4n) is 2.10. The summed E-state index contributed by atoms with van der Waals surface area (Å²) < 4.78 is 5.53. The predicted octanol–water partition coefficient (Wildman–Crippen LogP) is 2.59. The molecule has 0 spiro atoms. The Hall–Kier alpha value is -3.72. The number of nitro groups is 1. The Labute approximate surface area is 143 Å². The second-order valence-electron chi connectivity index (χ2n) is 4.88. The van der Waals surface area contributed by atoms with Crippen LogP contribution in [0.1, 0.15) is 12.5 Å². The Morgan fingerprint density at radius 3 is 2.36 bits per heavy atom. The molecule has 1 aromatic heterocycles. The summed E-state index contributed by atoms with van der Waals surface area (Å²) in [5, 5.41) is 29.2. The van der Waals surface area contributed by atoms with E-state index in [1.165, 1.54) is 4.90 Å². The minimum atomic E-state index is -0.688. The van der Waals surface area contributed by atoms with E-state index in [-0.39, 0.29) is 24.8 Å². The van der Waals surface area contributed by atoms with E-state index in [4.69, 9.17) is 15.3 Å². The van der Waals surface area contributed by atoms with Gasteiger partial charge in [-0.3, -0.25) is 10.1 Å². The second kappa shape index (κ2) is 8.22. The van der Waals surface area contributed by atoms with Gasteiger partial charge in [0.25, 0.3) is 0 Å². The lowest BCUT2D eigenvalue weighted by Crippen LogP contribution is -2.26. The Morgan fingerprint density at radius 1 is 1.20 bits per heavy atom. The minimum absolute atomic E-state index is 0.136. The molecule has 0 saturated carbocycles. The third-order valence-electron chi connectivity index (χ3n) is 3.32. The van der Waals surface area contributed by atoms with Gasteiger partial charge < -0.3 is 9.64 Å². The maximum absolute atomic E-state index is 11.5. The van der Waals surface area contributed by atoms with Gasteiger partial charge in [-0.05, 0) is 24.1 Å². The zero-order chi connectivity index (χ0) is 18.2. The van der Waals surface area contributed by atoms with Crippen molar-refractivity contribution in [2.24, 2.45) is 0 Å². The Morgan fingerprint density at radius 2 is 1.84 bits per heavy atom. The zero-order valence-electron chi connectivity index (χ0n) is 13.4. The Balaban J connectivity index is 2.44. The normalized spacial score (nSPS) is 9.72. The summed E-state index contributed by atoms with van der Waals surface area (Å²) in [6.45, 7) is 1.56. The summed E-state index contributed by atoms with van der Waals surface area (Å²) >= 11 is 0. The van der Waals surface area contributed by atoms with Crippen molar-refractivity contribution in [2.45, 2.75) is 13.3 Å². The average molecular weight is 338 g/mol.